The van der Waals surface area contributed by atoms with Crippen LogP contribution >= 0.6 is 34.9 Å². The van der Waals surface area contributed by atoms with Gasteiger partial charge in [0.05, 0.1) is 15.4 Å². The van der Waals surface area contributed by atoms with Crippen molar-refractivity contribution in [1.29, 1.82) is 0 Å². The fourth-order valence-electron chi connectivity index (χ4n) is 1.46. The fraction of sp³-hybridized carbons (Fsp3) is 0.273. The van der Waals surface area contributed by atoms with E-state index in [4.69, 9.17) is 18.0 Å². The average Bonchev–Trinajstić information content (AvgIpc) is 2.83. The molecule has 0 atom stereocenters. The smallest absolute Gasteiger partial charge is 0.134 e. The van der Waals surface area contributed by atoms with Crippen molar-refractivity contribution in [3.63, 3.8) is 0 Å². The molecule has 2 heterocycles. The summed E-state index contributed by atoms with van der Waals surface area (Å²) in [6.07, 6.45) is 2.00. The zero-order valence-electron chi connectivity index (χ0n) is 8.90. The third kappa shape index (κ3) is 2.31. The van der Waals surface area contributed by atoms with E-state index in [-0.39, 0.29) is 0 Å². The van der Waals surface area contributed by atoms with E-state index < -0.39 is 0 Å². The van der Waals surface area contributed by atoms with Crippen LogP contribution in [-0.2, 0) is 6.42 Å². The molecule has 0 spiro atoms. The van der Waals surface area contributed by atoms with Crippen LogP contribution in [0.1, 0.15) is 23.9 Å². The number of rotatable bonds is 4. The third-order valence-electron chi connectivity index (χ3n) is 2.14. The topological polar surface area (TPSA) is 38.9 Å². The second-order valence-corrected chi connectivity index (χ2v) is 5.77. The van der Waals surface area contributed by atoms with Crippen LogP contribution in [-0.4, -0.2) is 9.97 Å². The molecule has 84 valence electrons. The number of nitrogens with zero attached hydrogens (tertiary/aromatic N) is 1. The van der Waals surface area contributed by atoms with Gasteiger partial charge < -0.3 is 5.73 Å². The van der Waals surface area contributed by atoms with E-state index in [1.54, 1.807) is 22.7 Å². The first-order chi connectivity index (χ1) is 7.72. The molecule has 0 aromatic carbocycles. The second-order valence-electron chi connectivity index (χ2n) is 3.39. The number of aromatic nitrogens is 1. The van der Waals surface area contributed by atoms with E-state index in [2.05, 4.69) is 23.4 Å². The average molecular weight is 268 g/mol. The van der Waals surface area contributed by atoms with Crippen LogP contribution in [0, 0.1) is 0 Å². The van der Waals surface area contributed by atoms with E-state index in [9.17, 15) is 0 Å². The van der Waals surface area contributed by atoms with Crippen molar-refractivity contribution in [3.8, 4) is 9.88 Å². The second kappa shape index (κ2) is 5.03. The molecular formula is C11H12N2S3. The van der Waals surface area contributed by atoms with Gasteiger partial charge in [0.2, 0.25) is 0 Å². The predicted molar refractivity (Wildman–Crippen MR) is 75.3 cm³/mol. The van der Waals surface area contributed by atoms with Gasteiger partial charge in [-0.3, -0.25) is 0 Å². The summed E-state index contributed by atoms with van der Waals surface area (Å²) in [6, 6.07) is 4.10. The van der Waals surface area contributed by atoms with Crippen LogP contribution in [0.25, 0.3) is 9.88 Å². The number of thiazole rings is 1. The molecule has 0 saturated heterocycles. The molecule has 16 heavy (non-hydrogen) atoms. The Kier molecular flexibility index (Phi) is 3.68. The minimum Gasteiger partial charge on any atom is -0.389 e. The molecular weight excluding hydrogens is 256 g/mol. The standard InChI is InChI=1S/C11H12N2S3/c1-2-4-7-9(10(12)14)16-11(13-7)8-5-3-6-15-8/h3,5-6H,2,4H2,1H3,(H2,12,14). The molecule has 0 aliphatic carbocycles. The Bertz CT molecular complexity index is 485. The highest BCUT2D eigenvalue weighted by molar-refractivity contribution is 7.81. The minimum atomic E-state index is 0.462. The Labute approximate surface area is 108 Å². The Hall–Kier alpha value is -0.780. The lowest BCUT2D eigenvalue weighted by molar-refractivity contribution is 0.892. The van der Waals surface area contributed by atoms with E-state index in [0.29, 0.717) is 4.99 Å². The van der Waals surface area contributed by atoms with Crippen molar-refractivity contribution in [3.05, 3.63) is 28.1 Å². The Morgan fingerprint density at radius 2 is 2.38 bits per heavy atom. The van der Waals surface area contributed by atoms with Crippen molar-refractivity contribution in [1.82, 2.24) is 4.98 Å². The van der Waals surface area contributed by atoms with Gasteiger partial charge in [0.1, 0.15) is 10.00 Å². The first-order valence-electron chi connectivity index (χ1n) is 5.05. The highest BCUT2D eigenvalue weighted by Crippen LogP contribution is 2.31. The highest BCUT2D eigenvalue weighted by atomic mass is 32.1. The van der Waals surface area contributed by atoms with Gasteiger partial charge >= 0.3 is 0 Å². The van der Waals surface area contributed by atoms with Gasteiger partial charge in [-0.25, -0.2) is 4.98 Å². The van der Waals surface area contributed by atoms with Crippen LogP contribution < -0.4 is 5.73 Å². The molecule has 0 amide bonds. The third-order valence-corrected chi connectivity index (χ3v) is 4.64. The van der Waals surface area contributed by atoms with Gasteiger partial charge in [0.25, 0.3) is 0 Å². The van der Waals surface area contributed by atoms with Crippen molar-refractivity contribution < 1.29 is 0 Å². The zero-order chi connectivity index (χ0) is 11.5. The lowest BCUT2D eigenvalue weighted by atomic mass is 10.2. The summed E-state index contributed by atoms with van der Waals surface area (Å²) in [4.78, 5) is 7.24. The van der Waals surface area contributed by atoms with Crippen molar-refractivity contribution in [2.24, 2.45) is 5.73 Å². The number of hydrogen-bond donors (Lipinski definition) is 1. The number of hydrogen-bond acceptors (Lipinski definition) is 4. The van der Waals surface area contributed by atoms with Crippen molar-refractivity contribution in [2.75, 3.05) is 0 Å². The summed E-state index contributed by atoms with van der Waals surface area (Å²) >= 11 is 8.35. The molecule has 0 aliphatic rings. The normalized spacial score (nSPS) is 10.6. The summed E-state index contributed by atoms with van der Waals surface area (Å²) in [7, 11) is 0. The minimum absolute atomic E-state index is 0.462. The Morgan fingerprint density at radius 1 is 1.56 bits per heavy atom. The van der Waals surface area contributed by atoms with Crippen molar-refractivity contribution in [2.45, 2.75) is 19.8 Å². The maximum Gasteiger partial charge on any atom is 0.134 e. The summed E-state index contributed by atoms with van der Waals surface area (Å²) in [6.45, 7) is 2.13. The number of thiophene rings is 1. The van der Waals surface area contributed by atoms with E-state index in [0.717, 1.165) is 28.4 Å². The molecule has 2 nitrogen and oxygen atoms in total. The predicted octanol–water partition coefficient (Wildman–Crippen LogP) is 3.46. The Balaban J connectivity index is 2.42. The molecule has 0 unspecified atom stereocenters. The van der Waals surface area contributed by atoms with Crippen LogP contribution in [0.4, 0.5) is 0 Å². The first kappa shape index (κ1) is 11.7. The van der Waals surface area contributed by atoms with E-state index in [1.807, 2.05) is 6.07 Å². The number of aryl methyl sites for hydroxylation is 1. The van der Waals surface area contributed by atoms with Crippen LogP contribution in [0.2, 0.25) is 0 Å². The van der Waals surface area contributed by atoms with Gasteiger partial charge in [0.15, 0.2) is 0 Å². The molecule has 0 saturated carbocycles. The van der Waals surface area contributed by atoms with Crippen LogP contribution in [0.3, 0.4) is 0 Å². The van der Waals surface area contributed by atoms with Gasteiger partial charge in [-0.2, -0.15) is 0 Å². The monoisotopic (exact) mass is 268 g/mol. The highest BCUT2D eigenvalue weighted by Gasteiger charge is 2.14. The first-order valence-corrected chi connectivity index (χ1v) is 7.16. The number of nitrogens with two attached hydrogens (primary N) is 1. The molecule has 0 radical (unpaired) electrons. The molecule has 5 heteroatoms. The summed E-state index contributed by atoms with van der Waals surface area (Å²) in [5.41, 5.74) is 6.76. The van der Waals surface area contributed by atoms with Gasteiger partial charge in [0, 0.05) is 0 Å². The maximum atomic E-state index is 5.72. The van der Waals surface area contributed by atoms with E-state index >= 15 is 0 Å². The van der Waals surface area contributed by atoms with E-state index in [1.165, 1.54) is 4.88 Å². The summed E-state index contributed by atoms with van der Waals surface area (Å²) in [5.74, 6) is 0. The van der Waals surface area contributed by atoms with Crippen molar-refractivity contribution >= 4 is 39.9 Å². The molecule has 2 aromatic rings. The lowest BCUT2D eigenvalue weighted by Crippen LogP contribution is -2.09. The van der Waals surface area contributed by atoms with Gasteiger partial charge in [-0.1, -0.05) is 31.6 Å². The molecule has 0 bridgehead atoms. The van der Waals surface area contributed by atoms with Gasteiger partial charge in [-0.15, -0.1) is 22.7 Å². The quantitative estimate of drug-likeness (QED) is 0.863. The fourth-order valence-corrected chi connectivity index (χ4v) is 3.46. The zero-order valence-corrected chi connectivity index (χ0v) is 11.3. The molecule has 2 rings (SSSR count). The number of thiocarbonyl (C=S) groups is 1. The summed E-state index contributed by atoms with van der Waals surface area (Å²) < 4.78 is 0. The Morgan fingerprint density at radius 3 is 2.94 bits per heavy atom. The molecule has 2 aromatic heterocycles. The lowest BCUT2D eigenvalue weighted by Gasteiger charge is -1.95. The van der Waals surface area contributed by atoms with Gasteiger partial charge in [-0.05, 0) is 17.9 Å². The van der Waals surface area contributed by atoms with Crippen LogP contribution in [0.5, 0.6) is 0 Å². The maximum absolute atomic E-state index is 5.72. The molecule has 2 N–H and O–H groups in total. The molecule has 0 aliphatic heterocycles. The SMILES string of the molecule is CCCc1nc(-c2cccs2)sc1C(N)=S. The molecule has 0 fully saturated rings. The summed E-state index contributed by atoms with van der Waals surface area (Å²) in [5, 5.41) is 3.08. The largest absolute Gasteiger partial charge is 0.389 e. The van der Waals surface area contributed by atoms with Crippen LogP contribution in [0.15, 0.2) is 17.5 Å².